The Labute approximate surface area is 105 Å². The third-order valence-corrected chi connectivity index (χ3v) is 4.46. The number of aliphatic hydroxyl groups is 1. The first-order valence-corrected chi connectivity index (χ1v) is 7.20. The van der Waals surface area contributed by atoms with Crippen molar-refractivity contribution in [2.24, 2.45) is 11.3 Å². The van der Waals surface area contributed by atoms with Crippen molar-refractivity contribution >= 4 is 0 Å². The lowest BCUT2D eigenvalue weighted by atomic mass is 9.82. The maximum absolute atomic E-state index is 9.36. The molecule has 0 bridgehead atoms. The lowest BCUT2D eigenvalue weighted by Crippen LogP contribution is -2.54. The highest BCUT2D eigenvalue weighted by molar-refractivity contribution is 4.89. The Morgan fingerprint density at radius 3 is 2.41 bits per heavy atom. The van der Waals surface area contributed by atoms with Crippen LogP contribution >= 0.6 is 0 Å². The molecule has 0 spiro atoms. The smallest absolute Gasteiger partial charge is 0.0579 e. The van der Waals surface area contributed by atoms with E-state index in [9.17, 15) is 5.11 Å². The predicted molar refractivity (Wildman–Crippen MR) is 69.0 cm³/mol. The Morgan fingerprint density at radius 1 is 1.24 bits per heavy atom. The summed E-state index contributed by atoms with van der Waals surface area (Å²) in [7, 11) is 0. The summed E-state index contributed by atoms with van der Waals surface area (Å²) in [5.74, 6) is 0.969. The fraction of sp³-hybridized carbons (Fsp3) is 1.00. The van der Waals surface area contributed by atoms with Crippen LogP contribution in [0.4, 0.5) is 0 Å². The highest BCUT2D eigenvalue weighted by Crippen LogP contribution is 2.30. The van der Waals surface area contributed by atoms with Gasteiger partial charge in [-0.25, -0.2) is 0 Å². The van der Waals surface area contributed by atoms with Crippen molar-refractivity contribution in [1.82, 2.24) is 5.32 Å². The van der Waals surface area contributed by atoms with Gasteiger partial charge in [0, 0.05) is 12.6 Å². The van der Waals surface area contributed by atoms with Crippen molar-refractivity contribution in [3.8, 4) is 0 Å². The van der Waals surface area contributed by atoms with E-state index in [-0.39, 0.29) is 12.0 Å². The average molecular weight is 241 g/mol. The van der Waals surface area contributed by atoms with Crippen LogP contribution in [0.5, 0.6) is 0 Å². The van der Waals surface area contributed by atoms with Gasteiger partial charge in [-0.05, 0) is 31.6 Å². The number of nitrogens with one attached hydrogen (secondary N) is 1. The van der Waals surface area contributed by atoms with Crippen LogP contribution in [-0.2, 0) is 4.74 Å². The molecule has 100 valence electrons. The predicted octanol–water partition coefficient (Wildman–Crippen LogP) is 1.94. The number of rotatable bonds is 6. The zero-order chi connectivity index (χ0) is 12.1. The lowest BCUT2D eigenvalue weighted by molar-refractivity contribution is -0.135. The topological polar surface area (TPSA) is 41.5 Å². The fourth-order valence-electron chi connectivity index (χ4n) is 3.06. The molecule has 0 atom stereocenters. The Bertz CT molecular complexity index is 215. The van der Waals surface area contributed by atoms with Gasteiger partial charge >= 0.3 is 0 Å². The Kier molecular flexibility index (Phi) is 4.83. The molecule has 0 aromatic rings. The summed E-state index contributed by atoms with van der Waals surface area (Å²) in [4.78, 5) is 0. The van der Waals surface area contributed by atoms with E-state index in [4.69, 9.17) is 4.74 Å². The largest absolute Gasteiger partial charge is 0.396 e. The zero-order valence-electron chi connectivity index (χ0n) is 11.1. The molecule has 3 heteroatoms. The van der Waals surface area contributed by atoms with Crippen molar-refractivity contribution in [3.05, 3.63) is 0 Å². The summed E-state index contributed by atoms with van der Waals surface area (Å²) in [6.07, 6.45) is 8.12. The molecule has 0 radical (unpaired) electrons. The van der Waals surface area contributed by atoms with Crippen molar-refractivity contribution in [2.75, 3.05) is 26.4 Å². The minimum absolute atomic E-state index is 0.0280. The molecule has 2 aliphatic rings. The van der Waals surface area contributed by atoms with Crippen LogP contribution in [-0.4, -0.2) is 37.5 Å². The zero-order valence-corrected chi connectivity index (χ0v) is 11.1. The summed E-state index contributed by atoms with van der Waals surface area (Å²) >= 11 is 0. The molecule has 0 amide bonds. The molecule has 1 heterocycles. The van der Waals surface area contributed by atoms with Crippen molar-refractivity contribution in [1.29, 1.82) is 0 Å². The van der Waals surface area contributed by atoms with Crippen LogP contribution in [0.3, 0.4) is 0 Å². The molecule has 1 saturated heterocycles. The summed E-state index contributed by atoms with van der Waals surface area (Å²) in [5, 5.41) is 13.0. The van der Waals surface area contributed by atoms with E-state index in [0.717, 1.165) is 25.7 Å². The minimum atomic E-state index is 0.0280. The summed E-state index contributed by atoms with van der Waals surface area (Å²) in [6.45, 7) is 4.91. The van der Waals surface area contributed by atoms with Gasteiger partial charge in [0.1, 0.15) is 0 Å². The van der Waals surface area contributed by atoms with E-state index in [0.29, 0.717) is 6.04 Å². The normalized spacial score (nSPS) is 32.1. The van der Waals surface area contributed by atoms with Gasteiger partial charge in [-0.2, -0.15) is 0 Å². The van der Waals surface area contributed by atoms with Crippen LogP contribution in [0.15, 0.2) is 0 Å². The quantitative estimate of drug-likeness (QED) is 0.747. The Morgan fingerprint density at radius 2 is 1.94 bits per heavy atom. The van der Waals surface area contributed by atoms with Crippen LogP contribution in [0, 0.1) is 11.3 Å². The van der Waals surface area contributed by atoms with Gasteiger partial charge in [-0.3, -0.25) is 0 Å². The van der Waals surface area contributed by atoms with E-state index >= 15 is 0 Å². The summed E-state index contributed by atoms with van der Waals surface area (Å²) < 4.78 is 5.22. The fourth-order valence-corrected chi connectivity index (χ4v) is 3.06. The van der Waals surface area contributed by atoms with Gasteiger partial charge in [0.05, 0.1) is 25.2 Å². The first-order chi connectivity index (χ1) is 8.28. The molecule has 0 aromatic carbocycles. The molecule has 2 fully saturated rings. The second-order valence-corrected chi connectivity index (χ2v) is 6.04. The SMILES string of the molecule is CCCC1CCC(NCC2(CO)COC2)CC1. The molecule has 0 unspecified atom stereocenters. The molecule has 0 aromatic heterocycles. The van der Waals surface area contributed by atoms with E-state index in [1.807, 2.05) is 0 Å². The number of hydrogen-bond donors (Lipinski definition) is 2. The first-order valence-electron chi connectivity index (χ1n) is 7.20. The van der Waals surface area contributed by atoms with Gasteiger partial charge < -0.3 is 15.2 Å². The van der Waals surface area contributed by atoms with Crippen LogP contribution in [0.2, 0.25) is 0 Å². The van der Waals surface area contributed by atoms with Crippen molar-refractivity contribution in [2.45, 2.75) is 51.5 Å². The standard InChI is InChI=1S/C14H27NO2/c1-2-3-12-4-6-13(7-5-12)15-8-14(9-16)10-17-11-14/h12-13,15-16H,2-11H2,1H3. The van der Waals surface area contributed by atoms with Gasteiger partial charge in [-0.1, -0.05) is 19.8 Å². The van der Waals surface area contributed by atoms with E-state index < -0.39 is 0 Å². The van der Waals surface area contributed by atoms with E-state index in [1.165, 1.54) is 38.5 Å². The van der Waals surface area contributed by atoms with Crippen molar-refractivity contribution < 1.29 is 9.84 Å². The number of aliphatic hydroxyl groups excluding tert-OH is 1. The van der Waals surface area contributed by atoms with E-state index in [1.54, 1.807) is 0 Å². The van der Waals surface area contributed by atoms with Gasteiger partial charge in [0.2, 0.25) is 0 Å². The third-order valence-electron chi connectivity index (χ3n) is 4.46. The molecule has 1 aliphatic heterocycles. The average Bonchev–Trinajstić information content (AvgIpc) is 2.31. The third kappa shape index (κ3) is 3.43. The van der Waals surface area contributed by atoms with Crippen LogP contribution < -0.4 is 5.32 Å². The molecule has 2 N–H and O–H groups in total. The summed E-state index contributed by atoms with van der Waals surface area (Å²) in [5.41, 5.74) is 0.0280. The van der Waals surface area contributed by atoms with Gasteiger partial charge in [0.25, 0.3) is 0 Å². The second-order valence-electron chi connectivity index (χ2n) is 6.04. The van der Waals surface area contributed by atoms with Gasteiger partial charge in [-0.15, -0.1) is 0 Å². The second kappa shape index (κ2) is 6.17. The molecular weight excluding hydrogens is 214 g/mol. The maximum atomic E-state index is 9.36. The monoisotopic (exact) mass is 241 g/mol. The molecule has 17 heavy (non-hydrogen) atoms. The maximum Gasteiger partial charge on any atom is 0.0579 e. The molecule has 1 aliphatic carbocycles. The Balaban J connectivity index is 1.64. The van der Waals surface area contributed by atoms with E-state index in [2.05, 4.69) is 12.2 Å². The number of hydrogen-bond acceptors (Lipinski definition) is 3. The Hall–Kier alpha value is -0.120. The molecular formula is C14H27NO2. The lowest BCUT2D eigenvalue weighted by Gasteiger charge is -2.41. The molecule has 3 nitrogen and oxygen atoms in total. The molecule has 1 saturated carbocycles. The minimum Gasteiger partial charge on any atom is -0.396 e. The van der Waals surface area contributed by atoms with Crippen LogP contribution in [0.25, 0.3) is 0 Å². The first kappa shape index (κ1) is 13.3. The highest BCUT2D eigenvalue weighted by atomic mass is 16.5. The highest BCUT2D eigenvalue weighted by Gasteiger charge is 2.38. The molecule has 2 rings (SSSR count). The van der Waals surface area contributed by atoms with Crippen LogP contribution in [0.1, 0.15) is 45.4 Å². The van der Waals surface area contributed by atoms with Crippen molar-refractivity contribution in [3.63, 3.8) is 0 Å². The number of ether oxygens (including phenoxy) is 1. The summed E-state index contributed by atoms with van der Waals surface area (Å²) in [6, 6.07) is 0.673. The van der Waals surface area contributed by atoms with Gasteiger partial charge in [0.15, 0.2) is 0 Å².